The van der Waals surface area contributed by atoms with Crippen LogP contribution in [-0.4, -0.2) is 19.8 Å². The van der Waals surface area contributed by atoms with Crippen molar-refractivity contribution in [2.45, 2.75) is 13.0 Å². The first-order chi connectivity index (χ1) is 7.15. The lowest BCUT2D eigenvalue weighted by atomic mass is 10.2. The van der Waals surface area contributed by atoms with Crippen LogP contribution in [0, 0.1) is 17.1 Å². The second-order valence-corrected chi connectivity index (χ2v) is 3.34. The molecule has 15 heavy (non-hydrogen) atoms. The largest absolute Gasteiger partial charge is 0.383 e. The minimum Gasteiger partial charge on any atom is -0.383 e. The molecule has 1 atom stereocenters. The van der Waals surface area contributed by atoms with E-state index in [1.807, 2.05) is 13.0 Å². The molecule has 80 valence electrons. The van der Waals surface area contributed by atoms with E-state index < -0.39 is 5.82 Å². The average molecular weight is 208 g/mol. The fraction of sp³-hybridized carbons (Fsp3) is 0.364. The summed E-state index contributed by atoms with van der Waals surface area (Å²) in [6.45, 7) is 2.44. The highest BCUT2D eigenvalue weighted by Gasteiger charge is 2.04. The summed E-state index contributed by atoms with van der Waals surface area (Å²) in [5.41, 5.74) is 0.901. The van der Waals surface area contributed by atoms with Gasteiger partial charge in [0.2, 0.25) is 0 Å². The molecule has 0 saturated heterocycles. The molecule has 1 aromatic carbocycles. The Morgan fingerprint density at radius 1 is 1.53 bits per heavy atom. The first-order valence-electron chi connectivity index (χ1n) is 4.62. The number of nitrogens with one attached hydrogen (secondary N) is 1. The third-order valence-corrected chi connectivity index (χ3v) is 1.86. The minimum atomic E-state index is -0.416. The summed E-state index contributed by atoms with van der Waals surface area (Å²) in [5.74, 6) is -0.416. The maximum atomic E-state index is 13.0. The van der Waals surface area contributed by atoms with Gasteiger partial charge < -0.3 is 10.1 Å². The maximum Gasteiger partial charge on any atom is 0.126 e. The summed E-state index contributed by atoms with van der Waals surface area (Å²) in [4.78, 5) is 0. The van der Waals surface area contributed by atoms with Gasteiger partial charge in [-0.15, -0.1) is 0 Å². The molecule has 1 unspecified atom stereocenters. The SMILES string of the molecule is COCC(C)Nc1cc(F)cc(C#N)c1. The van der Waals surface area contributed by atoms with Crippen LogP contribution < -0.4 is 5.32 Å². The molecule has 4 heteroatoms. The van der Waals surface area contributed by atoms with E-state index in [2.05, 4.69) is 5.32 Å². The van der Waals surface area contributed by atoms with E-state index in [-0.39, 0.29) is 6.04 Å². The topological polar surface area (TPSA) is 45.0 Å². The first-order valence-corrected chi connectivity index (χ1v) is 4.62. The van der Waals surface area contributed by atoms with E-state index >= 15 is 0 Å². The summed E-state index contributed by atoms with van der Waals surface area (Å²) in [6, 6.07) is 6.14. The molecule has 3 nitrogen and oxygen atoms in total. The van der Waals surface area contributed by atoms with Crippen LogP contribution in [0.3, 0.4) is 0 Å². The lowest BCUT2D eigenvalue weighted by molar-refractivity contribution is 0.190. The zero-order chi connectivity index (χ0) is 11.3. The van der Waals surface area contributed by atoms with Crippen molar-refractivity contribution in [3.05, 3.63) is 29.6 Å². The predicted molar refractivity (Wildman–Crippen MR) is 56.1 cm³/mol. The molecule has 0 heterocycles. The summed E-state index contributed by atoms with van der Waals surface area (Å²) >= 11 is 0. The van der Waals surface area contributed by atoms with Crippen LogP contribution in [0.1, 0.15) is 12.5 Å². The molecule has 1 N–H and O–H groups in total. The Bertz CT molecular complexity index is 373. The van der Waals surface area contributed by atoms with Crippen molar-refractivity contribution in [1.82, 2.24) is 0 Å². The molecule has 0 aliphatic rings. The molecule has 0 saturated carbocycles. The van der Waals surface area contributed by atoms with Crippen LogP contribution in [0.15, 0.2) is 18.2 Å². The van der Waals surface area contributed by atoms with E-state index in [0.717, 1.165) is 0 Å². The van der Waals surface area contributed by atoms with Gasteiger partial charge in [-0.2, -0.15) is 5.26 Å². The van der Waals surface area contributed by atoms with Crippen molar-refractivity contribution in [2.75, 3.05) is 19.0 Å². The molecular formula is C11H13FN2O. The molecule has 0 aliphatic carbocycles. The average Bonchev–Trinajstić information content (AvgIpc) is 2.17. The van der Waals surface area contributed by atoms with Crippen molar-refractivity contribution < 1.29 is 9.13 Å². The maximum absolute atomic E-state index is 13.0. The van der Waals surface area contributed by atoms with Crippen molar-refractivity contribution in [3.63, 3.8) is 0 Å². The Balaban J connectivity index is 2.77. The van der Waals surface area contributed by atoms with Crippen LogP contribution in [0.5, 0.6) is 0 Å². The number of benzene rings is 1. The highest BCUT2D eigenvalue weighted by molar-refractivity contribution is 5.50. The van der Waals surface area contributed by atoms with E-state index in [1.54, 1.807) is 13.2 Å². The first kappa shape index (κ1) is 11.5. The summed E-state index contributed by atoms with van der Waals surface area (Å²) in [5, 5.41) is 11.7. The number of nitrogens with zero attached hydrogens (tertiary/aromatic N) is 1. The predicted octanol–water partition coefficient (Wildman–Crippen LogP) is 2.14. The highest BCUT2D eigenvalue weighted by atomic mass is 19.1. The Kier molecular flexibility index (Phi) is 4.07. The zero-order valence-corrected chi connectivity index (χ0v) is 8.75. The number of hydrogen-bond donors (Lipinski definition) is 1. The number of nitriles is 1. The van der Waals surface area contributed by atoms with E-state index in [0.29, 0.717) is 17.9 Å². The Hall–Kier alpha value is -1.60. The zero-order valence-electron chi connectivity index (χ0n) is 8.75. The van der Waals surface area contributed by atoms with Crippen molar-refractivity contribution in [1.29, 1.82) is 5.26 Å². The normalized spacial score (nSPS) is 11.9. The smallest absolute Gasteiger partial charge is 0.126 e. The van der Waals surface area contributed by atoms with Crippen LogP contribution in [-0.2, 0) is 4.74 Å². The fourth-order valence-electron chi connectivity index (χ4n) is 1.31. The van der Waals surface area contributed by atoms with E-state index in [1.165, 1.54) is 12.1 Å². The van der Waals surface area contributed by atoms with Gasteiger partial charge in [-0.1, -0.05) is 0 Å². The molecule has 1 rings (SSSR count). The Morgan fingerprint density at radius 3 is 2.87 bits per heavy atom. The lowest BCUT2D eigenvalue weighted by Gasteiger charge is -2.14. The monoisotopic (exact) mass is 208 g/mol. The quantitative estimate of drug-likeness (QED) is 0.824. The van der Waals surface area contributed by atoms with Gasteiger partial charge in [0, 0.05) is 18.8 Å². The minimum absolute atomic E-state index is 0.0725. The third kappa shape index (κ3) is 3.56. The number of halogens is 1. The van der Waals surface area contributed by atoms with Crippen molar-refractivity contribution >= 4 is 5.69 Å². The molecule has 0 aromatic heterocycles. The highest BCUT2D eigenvalue weighted by Crippen LogP contribution is 2.14. The number of ether oxygens (including phenoxy) is 1. The fourth-order valence-corrected chi connectivity index (χ4v) is 1.31. The van der Waals surface area contributed by atoms with Crippen LogP contribution in [0.2, 0.25) is 0 Å². The summed E-state index contributed by atoms with van der Waals surface area (Å²) in [7, 11) is 1.60. The number of hydrogen-bond acceptors (Lipinski definition) is 3. The molecular weight excluding hydrogens is 195 g/mol. The second kappa shape index (κ2) is 5.32. The van der Waals surface area contributed by atoms with Gasteiger partial charge >= 0.3 is 0 Å². The molecule has 1 aromatic rings. The number of rotatable bonds is 4. The molecule has 0 fully saturated rings. The van der Waals surface area contributed by atoms with Gasteiger partial charge in [0.05, 0.1) is 18.2 Å². The van der Waals surface area contributed by atoms with E-state index in [9.17, 15) is 4.39 Å². The lowest BCUT2D eigenvalue weighted by Crippen LogP contribution is -2.20. The van der Waals surface area contributed by atoms with Gasteiger partial charge in [-0.05, 0) is 25.1 Å². The van der Waals surface area contributed by atoms with E-state index in [4.69, 9.17) is 10.00 Å². The molecule has 0 amide bonds. The molecule has 0 spiro atoms. The Morgan fingerprint density at radius 2 is 2.27 bits per heavy atom. The third-order valence-electron chi connectivity index (χ3n) is 1.86. The van der Waals surface area contributed by atoms with Gasteiger partial charge in [0.15, 0.2) is 0 Å². The summed E-state index contributed by atoms with van der Waals surface area (Å²) in [6.07, 6.45) is 0. The molecule has 0 aliphatic heterocycles. The van der Waals surface area contributed by atoms with Gasteiger partial charge in [0.1, 0.15) is 5.82 Å². The van der Waals surface area contributed by atoms with Crippen molar-refractivity contribution in [2.24, 2.45) is 0 Å². The number of anilines is 1. The Labute approximate surface area is 88.5 Å². The molecule has 0 bridgehead atoms. The van der Waals surface area contributed by atoms with Crippen molar-refractivity contribution in [3.8, 4) is 6.07 Å². The summed E-state index contributed by atoms with van der Waals surface area (Å²) < 4.78 is 18.0. The van der Waals surface area contributed by atoms with Gasteiger partial charge in [-0.25, -0.2) is 4.39 Å². The van der Waals surface area contributed by atoms with Gasteiger partial charge in [0.25, 0.3) is 0 Å². The molecule has 0 radical (unpaired) electrons. The van der Waals surface area contributed by atoms with Crippen LogP contribution in [0.4, 0.5) is 10.1 Å². The number of methoxy groups -OCH3 is 1. The standard InChI is InChI=1S/C11H13FN2O/c1-8(7-15-2)14-11-4-9(6-13)3-10(12)5-11/h3-5,8,14H,7H2,1-2H3. The van der Waals surface area contributed by atoms with Crippen LogP contribution in [0.25, 0.3) is 0 Å². The second-order valence-electron chi connectivity index (χ2n) is 3.34. The van der Waals surface area contributed by atoms with Crippen LogP contribution >= 0.6 is 0 Å². The van der Waals surface area contributed by atoms with Gasteiger partial charge in [-0.3, -0.25) is 0 Å².